The normalized spacial score (nSPS) is 46.4. The van der Waals surface area contributed by atoms with Gasteiger partial charge in [0.05, 0.1) is 12.7 Å². The van der Waals surface area contributed by atoms with Gasteiger partial charge in [-0.15, -0.1) is 0 Å². The molecule has 4 aliphatic heterocycles. The molecule has 0 amide bonds. The van der Waals surface area contributed by atoms with Gasteiger partial charge >= 0.3 is 5.97 Å². The van der Waals surface area contributed by atoms with E-state index in [0.717, 1.165) is 0 Å². The Balaban J connectivity index is 1.89. The SMILES string of the molecule is C=C(CO)C1(O)OC2CC3(C)OC(=CC3=O)C(C)=CC3OC(=O)C1(C)C32. The number of allylic oxidation sites excluding steroid dienone is 1. The number of aliphatic hydroxyl groups excluding tert-OH is 1. The lowest BCUT2D eigenvalue weighted by molar-refractivity contribution is -0.222. The molecule has 0 aromatic carbocycles. The van der Waals surface area contributed by atoms with Gasteiger partial charge in [0, 0.05) is 24.0 Å². The van der Waals surface area contributed by atoms with Gasteiger partial charge in [-0.05, 0) is 32.4 Å². The van der Waals surface area contributed by atoms with Crippen molar-refractivity contribution >= 4 is 11.8 Å². The first-order valence-corrected chi connectivity index (χ1v) is 8.61. The van der Waals surface area contributed by atoms with E-state index in [1.54, 1.807) is 26.8 Å². The van der Waals surface area contributed by atoms with E-state index in [1.807, 2.05) is 0 Å². The van der Waals surface area contributed by atoms with Crippen LogP contribution in [0.2, 0.25) is 0 Å². The first kappa shape index (κ1) is 17.5. The summed E-state index contributed by atoms with van der Waals surface area (Å²) in [6.45, 7) is 8.15. The van der Waals surface area contributed by atoms with Crippen molar-refractivity contribution in [3.63, 3.8) is 0 Å². The molecule has 4 aliphatic rings. The molecule has 7 nitrogen and oxygen atoms in total. The average Bonchev–Trinajstić information content (AvgIpc) is 3.09. The molecule has 4 rings (SSSR count). The summed E-state index contributed by atoms with van der Waals surface area (Å²) in [5.74, 6) is -2.98. The molecule has 0 radical (unpaired) electrons. The second-order valence-corrected chi connectivity index (χ2v) is 7.92. The van der Waals surface area contributed by atoms with Crippen molar-refractivity contribution in [2.24, 2.45) is 11.3 Å². The predicted octanol–water partition coefficient (Wildman–Crippen LogP) is 0.762. The summed E-state index contributed by atoms with van der Waals surface area (Å²) in [6, 6.07) is 0. The summed E-state index contributed by atoms with van der Waals surface area (Å²) in [5.41, 5.74) is -1.94. The van der Waals surface area contributed by atoms with Crippen LogP contribution in [0.15, 0.2) is 35.6 Å². The van der Waals surface area contributed by atoms with Crippen molar-refractivity contribution < 1.29 is 34.0 Å². The topological polar surface area (TPSA) is 102 Å². The standard InChI is InChI=1S/C19H22O7/c1-9-5-12-15-13(7-17(3)14(21)6-11(9)25-17)26-19(23,10(2)8-20)18(15,4)16(22)24-12/h5-6,12-13,15,20,23H,2,7-8H2,1,3-4H3. The second-order valence-electron chi connectivity index (χ2n) is 7.92. The third kappa shape index (κ3) is 1.88. The number of aliphatic hydroxyl groups is 2. The van der Waals surface area contributed by atoms with E-state index in [4.69, 9.17) is 14.2 Å². The number of rotatable bonds is 2. The molecule has 6 atom stereocenters. The van der Waals surface area contributed by atoms with E-state index in [9.17, 15) is 19.8 Å². The van der Waals surface area contributed by atoms with Gasteiger partial charge in [-0.3, -0.25) is 9.59 Å². The highest BCUT2D eigenvalue weighted by Gasteiger charge is 2.74. The molecule has 7 heteroatoms. The Bertz CT molecular complexity index is 796. The summed E-state index contributed by atoms with van der Waals surface area (Å²) >= 11 is 0. The Morgan fingerprint density at radius 2 is 2.08 bits per heavy atom. The molecule has 0 aromatic heterocycles. The van der Waals surface area contributed by atoms with Crippen LogP contribution in [0.3, 0.4) is 0 Å². The highest BCUT2D eigenvalue weighted by atomic mass is 16.7. The van der Waals surface area contributed by atoms with Crippen LogP contribution >= 0.6 is 0 Å². The van der Waals surface area contributed by atoms with Gasteiger partial charge in [0.25, 0.3) is 0 Å². The van der Waals surface area contributed by atoms with Crippen LogP contribution in [0.25, 0.3) is 0 Å². The first-order chi connectivity index (χ1) is 12.1. The molecule has 0 aromatic rings. The van der Waals surface area contributed by atoms with Gasteiger partial charge in [0.1, 0.15) is 17.3 Å². The van der Waals surface area contributed by atoms with Gasteiger partial charge in [-0.2, -0.15) is 0 Å². The predicted molar refractivity (Wildman–Crippen MR) is 88.5 cm³/mol. The molecule has 140 valence electrons. The molecule has 2 saturated heterocycles. The van der Waals surface area contributed by atoms with Gasteiger partial charge in [-0.25, -0.2) is 0 Å². The third-order valence-corrected chi connectivity index (χ3v) is 6.30. The fourth-order valence-electron chi connectivity index (χ4n) is 4.65. The molecule has 0 saturated carbocycles. The number of ether oxygens (including phenoxy) is 3. The summed E-state index contributed by atoms with van der Waals surface area (Å²) in [6.07, 6.45) is 1.97. The summed E-state index contributed by atoms with van der Waals surface area (Å²) in [4.78, 5) is 25.3. The summed E-state index contributed by atoms with van der Waals surface area (Å²) in [7, 11) is 0. The smallest absolute Gasteiger partial charge is 0.318 e. The maximum absolute atomic E-state index is 12.8. The van der Waals surface area contributed by atoms with Crippen LogP contribution in [-0.2, 0) is 23.8 Å². The molecule has 6 unspecified atom stereocenters. The highest BCUT2D eigenvalue weighted by Crippen LogP contribution is 2.60. The monoisotopic (exact) mass is 362 g/mol. The average molecular weight is 362 g/mol. The van der Waals surface area contributed by atoms with Crippen molar-refractivity contribution in [1.82, 2.24) is 0 Å². The molecule has 2 bridgehead atoms. The molecule has 2 N–H and O–H groups in total. The Kier molecular flexibility index (Phi) is 3.40. The third-order valence-electron chi connectivity index (χ3n) is 6.30. The quantitative estimate of drug-likeness (QED) is 0.552. The summed E-state index contributed by atoms with van der Waals surface area (Å²) in [5, 5.41) is 20.7. The molecule has 26 heavy (non-hydrogen) atoms. The number of hydrogen-bond donors (Lipinski definition) is 2. The van der Waals surface area contributed by atoms with Crippen LogP contribution in [0.4, 0.5) is 0 Å². The zero-order valence-electron chi connectivity index (χ0n) is 14.9. The molecular formula is C19H22O7. The largest absolute Gasteiger partial charge is 0.479 e. The van der Waals surface area contributed by atoms with E-state index in [2.05, 4.69) is 6.58 Å². The summed E-state index contributed by atoms with van der Waals surface area (Å²) < 4.78 is 17.4. The number of ketones is 1. The Morgan fingerprint density at radius 1 is 1.38 bits per heavy atom. The van der Waals surface area contributed by atoms with Crippen LogP contribution in [0.1, 0.15) is 27.2 Å². The zero-order chi connectivity index (χ0) is 19.1. The number of carbonyl (C=O) groups is 2. The highest BCUT2D eigenvalue weighted by molar-refractivity contribution is 6.00. The Labute approximate surface area is 150 Å². The van der Waals surface area contributed by atoms with Crippen molar-refractivity contribution in [2.75, 3.05) is 6.61 Å². The minimum Gasteiger partial charge on any atom is -0.479 e. The maximum Gasteiger partial charge on any atom is 0.318 e. The molecule has 4 heterocycles. The lowest BCUT2D eigenvalue weighted by Crippen LogP contribution is -2.50. The zero-order valence-corrected chi connectivity index (χ0v) is 14.9. The van der Waals surface area contributed by atoms with E-state index < -0.39 is 47.5 Å². The minimum atomic E-state index is -2.09. The van der Waals surface area contributed by atoms with Crippen molar-refractivity contribution in [3.8, 4) is 0 Å². The molecule has 0 spiro atoms. The fraction of sp³-hybridized carbons (Fsp3) is 0.579. The van der Waals surface area contributed by atoms with Crippen LogP contribution in [0, 0.1) is 11.3 Å². The number of esters is 1. The lowest BCUT2D eigenvalue weighted by atomic mass is 9.67. The maximum atomic E-state index is 12.8. The molecule has 0 aliphatic carbocycles. The first-order valence-electron chi connectivity index (χ1n) is 8.61. The molecular weight excluding hydrogens is 340 g/mol. The van der Waals surface area contributed by atoms with Crippen molar-refractivity contribution in [2.45, 2.75) is 50.8 Å². The number of carbonyl (C=O) groups excluding carboxylic acids is 2. The van der Waals surface area contributed by atoms with Crippen LogP contribution in [0.5, 0.6) is 0 Å². The van der Waals surface area contributed by atoms with Gasteiger partial charge in [0.2, 0.25) is 11.6 Å². The van der Waals surface area contributed by atoms with E-state index in [1.165, 1.54) is 6.08 Å². The Hall–Kier alpha value is -1.96. The minimum absolute atomic E-state index is 0.0227. The van der Waals surface area contributed by atoms with E-state index in [-0.39, 0.29) is 17.8 Å². The van der Waals surface area contributed by atoms with Crippen molar-refractivity contribution in [3.05, 3.63) is 35.6 Å². The lowest BCUT2D eigenvalue weighted by Gasteiger charge is -2.35. The van der Waals surface area contributed by atoms with E-state index >= 15 is 0 Å². The fourth-order valence-corrected chi connectivity index (χ4v) is 4.65. The van der Waals surface area contributed by atoms with Crippen LogP contribution in [-0.4, -0.2) is 52.2 Å². The van der Waals surface area contributed by atoms with Crippen molar-refractivity contribution in [1.29, 1.82) is 0 Å². The van der Waals surface area contributed by atoms with Gasteiger partial charge < -0.3 is 24.4 Å². The molecule has 2 fully saturated rings. The number of fused-ring (bicyclic) bond motifs is 2. The van der Waals surface area contributed by atoms with Crippen LogP contribution < -0.4 is 0 Å². The van der Waals surface area contributed by atoms with E-state index in [0.29, 0.717) is 11.3 Å². The van der Waals surface area contributed by atoms with Gasteiger partial charge in [0.15, 0.2) is 5.60 Å². The van der Waals surface area contributed by atoms with Gasteiger partial charge in [-0.1, -0.05) is 6.58 Å². The Morgan fingerprint density at radius 3 is 2.73 bits per heavy atom. The number of hydrogen-bond acceptors (Lipinski definition) is 7. The second kappa shape index (κ2) is 5.06.